The summed E-state index contributed by atoms with van der Waals surface area (Å²) in [6.07, 6.45) is 0. The summed E-state index contributed by atoms with van der Waals surface area (Å²) in [5.74, 6) is 1.82. The summed E-state index contributed by atoms with van der Waals surface area (Å²) in [5.41, 5.74) is 1.34. The number of carbonyl (C=O) groups excluding carboxylic acids is 1. The highest BCUT2D eigenvalue weighted by Gasteiger charge is 2.24. The molecule has 2 heterocycles. The first-order valence-electron chi connectivity index (χ1n) is 11.6. The second-order valence-corrected chi connectivity index (χ2v) is 8.78. The van der Waals surface area contributed by atoms with Gasteiger partial charge >= 0.3 is 0 Å². The van der Waals surface area contributed by atoms with Crippen LogP contribution in [-0.4, -0.2) is 75.5 Å². The maximum absolute atomic E-state index is 13.8. The van der Waals surface area contributed by atoms with Crippen LogP contribution in [0, 0.1) is 0 Å². The number of benzene rings is 2. The number of hydrogen-bond acceptors (Lipinski definition) is 8. The molecule has 34 heavy (non-hydrogen) atoms. The standard InChI is InChI=1S/C25H31N3O5S/c1-4-32-21-8-6-18(16-22(21)33-5-2)24(29)28(11-10-27-12-14-31-15-13-27)25-26-20-17-19(30-3)7-9-23(20)34-25/h6-9,16-17H,4-5,10-15H2,1-3H3. The Bertz CT molecular complexity index is 1110. The third-order valence-electron chi connectivity index (χ3n) is 5.59. The number of hydrogen-bond donors (Lipinski definition) is 0. The molecule has 4 rings (SSSR count). The van der Waals surface area contributed by atoms with Crippen molar-refractivity contribution in [2.75, 3.05) is 64.6 Å². The molecule has 2 aromatic carbocycles. The Morgan fingerprint density at radius 2 is 1.85 bits per heavy atom. The van der Waals surface area contributed by atoms with Crippen LogP contribution in [0.2, 0.25) is 0 Å². The Hall–Kier alpha value is -2.88. The van der Waals surface area contributed by atoms with Gasteiger partial charge in [0.2, 0.25) is 0 Å². The summed E-state index contributed by atoms with van der Waals surface area (Å²) in [6, 6.07) is 11.1. The molecule has 1 saturated heterocycles. The molecule has 0 bridgehead atoms. The highest BCUT2D eigenvalue weighted by Crippen LogP contribution is 2.33. The van der Waals surface area contributed by atoms with Gasteiger partial charge < -0.3 is 18.9 Å². The van der Waals surface area contributed by atoms with Gasteiger partial charge in [0.05, 0.1) is 43.8 Å². The third kappa shape index (κ3) is 5.60. The second kappa shape index (κ2) is 11.5. The first-order valence-corrected chi connectivity index (χ1v) is 12.4. The SMILES string of the molecule is CCOc1ccc(C(=O)N(CCN2CCOCC2)c2nc3cc(OC)ccc3s2)cc1OCC. The summed E-state index contributed by atoms with van der Waals surface area (Å²) >= 11 is 1.50. The number of thiazole rings is 1. The van der Waals surface area contributed by atoms with E-state index in [1.54, 1.807) is 30.2 Å². The van der Waals surface area contributed by atoms with Crippen LogP contribution in [0.25, 0.3) is 10.2 Å². The summed E-state index contributed by atoms with van der Waals surface area (Å²) < 4.78 is 23.2. The maximum Gasteiger partial charge on any atom is 0.260 e. The highest BCUT2D eigenvalue weighted by molar-refractivity contribution is 7.22. The zero-order valence-electron chi connectivity index (χ0n) is 19.9. The summed E-state index contributed by atoms with van der Waals surface area (Å²) in [4.78, 5) is 22.6. The van der Waals surface area contributed by atoms with Crippen LogP contribution < -0.4 is 19.1 Å². The van der Waals surface area contributed by atoms with E-state index in [1.165, 1.54) is 11.3 Å². The number of ether oxygens (including phenoxy) is 4. The van der Waals surface area contributed by atoms with Crippen LogP contribution in [0.5, 0.6) is 17.2 Å². The van der Waals surface area contributed by atoms with E-state index in [4.69, 9.17) is 23.9 Å². The lowest BCUT2D eigenvalue weighted by Gasteiger charge is -2.29. The molecule has 1 aliphatic heterocycles. The van der Waals surface area contributed by atoms with E-state index in [9.17, 15) is 4.79 Å². The van der Waals surface area contributed by atoms with Crippen LogP contribution in [0.1, 0.15) is 24.2 Å². The first-order chi connectivity index (χ1) is 16.6. The minimum Gasteiger partial charge on any atom is -0.497 e. The van der Waals surface area contributed by atoms with Gasteiger partial charge in [-0.15, -0.1) is 0 Å². The van der Waals surface area contributed by atoms with Crippen molar-refractivity contribution < 1.29 is 23.7 Å². The third-order valence-corrected chi connectivity index (χ3v) is 6.65. The largest absolute Gasteiger partial charge is 0.497 e. The van der Waals surface area contributed by atoms with Gasteiger partial charge in [-0.3, -0.25) is 14.6 Å². The van der Waals surface area contributed by atoms with Gasteiger partial charge in [0.25, 0.3) is 5.91 Å². The first kappa shape index (κ1) is 24.3. The average Bonchev–Trinajstić information content (AvgIpc) is 3.29. The van der Waals surface area contributed by atoms with Crippen molar-refractivity contribution in [1.29, 1.82) is 0 Å². The number of amides is 1. The molecule has 0 unspecified atom stereocenters. The number of nitrogens with zero attached hydrogens (tertiary/aromatic N) is 3. The van der Waals surface area contributed by atoms with Crippen LogP contribution in [0.15, 0.2) is 36.4 Å². The lowest BCUT2D eigenvalue weighted by Crippen LogP contribution is -2.43. The minimum atomic E-state index is -0.122. The van der Waals surface area contributed by atoms with Crippen LogP contribution >= 0.6 is 11.3 Å². The Morgan fingerprint density at radius 1 is 1.09 bits per heavy atom. The maximum atomic E-state index is 13.8. The number of methoxy groups -OCH3 is 1. The molecule has 0 N–H and O–H groups in total. The summed E-state index contributed by atoms with van der Waals surface area (Å²) in [6.45, 7) is 9.24. The van der Waals surface area contributed by atoms with Gasteiger partial charge in [-0.05, 0) is 44.2 Å². The average molecular weight is 486 g/mol. The van der Waals surface area contributed by atoms with Gasteiger partial charge in [-0.25, -0.2) is 4.98 Å². The molecule has 1 amide bonds. The number of morpholine rings is 1. The predicted octanol–water partition coefficient (Wildman–Crippen LogP) is 4.08. The molecule has 1 aliphatic rings. The van der Waals surface area contributed by atoms with Crippen LogP contribution in [0.3, 0.4) is 0 Å². The molecule has 1 aromatic heterocycles. The van der Waals surface area contributed by atoms with Gasteiger partial charge in [-0.1, -0.05) is 11.3 Å². The van der Waals surface area contributed by atoms with E-state index in [0.29, 0.717) is 55.2 Å². The second-order valence-electron chi connectivity index (χ2n) is 7.77. The molecule has 182 valence electrons. The molecule has 0 saturated carbocycles. The van der Waals surface area contributed by atoms with Crippen molar-refractivity contribution in [3.05, 3.63) is 42.0 Å². The van der Waals surface area contributed by atoms with Gasteiger partial charge in [0.15, 0.2) is 16.6 Å². The van der Waals surface area contributed by atoms with Crippen molar-refractivity contribution in [2.24, 2.45) is 0 Å². The Morgan fingerprint density at radius 3 is 2.59 bits per heavy atom. The van der Waals surface area contributed by atoms with Crippen molar-refractivity contribution >= 4 is 32.6 Å². The number of rotatable bonds is 10. The summed E-state index contributed by atoms with van der Waals surface area (Å²) in [5, 5.41) is 0.661. The molecular formula is C25H31N3O5S. The summed E-state index contributed by atoms with van der Waals surface area (Å²) in [7, 11) is 1.63. The fraction of sp³-hybridized carbons (Fsp3) is 0.440. The zero-order chi connectivity index (χ0) is 23.9. The van der Waals surface area contributed by atoms with E-state index in [1.807, 2.05) is 32.0 Å². The lowest BCUT2D eigenvalue weighted by atomic mass is 10.1. The zero-order valence-corrected chi connectivity index (χ0v) is 20.7. The topological polar surface area (TPSA) is 73.4 Å². The number of fused-ring (bicyclic) bond motifs is 1. The molecule has 0 radical (unpaired) electrons. The Labute approximate surface area is 204 Å². The molecule has 9 heteroatoms. The van der Waals surface area contributed by atoms with Crippen molar-refractivity contribution in [1.82, 2.24) is 9.88 Å². The number of carbonyl (C=O) groups is 1. The van der Waals surface area contributed by atoms with E-state index in [0.717, 1.165) is 35.6 Å². The molecule has 0 atom stereocenters. The molecular weight excluding hydrogens is 454 g/mol. The molecule has 0 spiro atoms. The fourth-order valence-electron chi connectivity index (χ4n) is 3.83. The van der Waals surface area contributed by atoms with Gasteiger partial charge in [0.1, 0.15) is 5.75 Å². The minimum absolute atomic E-state index is 0.122. The van der Waals surface area contributed by atoms with E-state index in [-0.39, 0.29) is 5.91 Å². The smallest absolute Gasteiger partial charge is 0.260 e. The molecule has 3 aromatic rings. The normalized spacial score (nSPS) is 14.2. The number of anilines is 1. The highest BCUT2D eigenvalue weighted by atomic mass is 32.1. The quantitative estimate of drug-likeness (QED) is 0.428. The van der Waals surface area contributed by atoms with Crippen molar-refractivity contribution in [2.45, 2.75) is 13.8 Å². The molecule has 8 nitrogen and oxygen atoms in total. The molecule has 1 fully saturated rings. The van der Waals surface area contributed by atoms with Gasteiger partial charge in [-0.2, -0.15) is 0 Å². The van der Waals surface area contributed by atoms with E-state index in [2.05, 4.69) is 4.90 Å². The van der Waals surface area contributed by atoms with E-state index >= 15 is 0 Å². The van der Waals surface area contributed by atoms with Crippen LogP contribution in [0.4, 0.5) is 5.13 Å². The molecule has 0 aliphatic carbocycles. The van der Waals surface area contributed by atoms with Gasteiger partial charge in [0, 0.05) is 37.8 Å². The monoisotopic (exact) mass is 485 g/mol. The fourth-order valence-corrected chi connectivity index (χ4v) is 4.80. The van der Waals surface area contributed by atoms with E-state index < -0.39 is 0 Å². The van der Waals surface area contributed by atoms with Crippen molar-refractivity contribution in [3.63, 3.8) is 0 Å². The Balaban J connectivity index is 1.65. The van der Waals surface area contributed by atoms with Crippen molar-refractivity contribution in [3.8, 4) is 17.2 Å². The predicted molar refractivity (Wildman–Crippen MR) is 134 cm³/mol. The lowest BCUT2D eigenvalue weighted by molar-refractivity contribution is 0.0391. The van der Waals surface area contributed by atoms with Crippen LogP contribution in [-0.2, 0) is 4.74 Å². The number of aromatic nitrogens is 1. The Kier molecular flexibility index (Phi) is 8.21.